The average molecular weight is 425 g/mol. The summed E-state index contributed by atoms with van der Waals surface area (Å²) in [5.41, 5.74) is 10.9. The van der Waals surface area contributed by atoms with E-state index in [1.807, 2.05) is 0 Å². The summed E-state index contributed by atoms with van der Waals surface area (Å²) in [4.78, 5) is 13.5. The number of nitrogens with zero attached hydrogens (tertiary/aromatic N) is 3. The van der Waals surface area contributed by atoms with E-state index in [1.54, 1.807) is 26.0 Å². The monoisotopic (exact) mass is 423 g/mol. The van der Waals surface area contributed by atoms with E-state index in [4.69, 9.17) is 16.3 Å². The van der Waals surface area contributed by atoms with Crippen molar-refractivity contribution in [1.82, 2.24) is 5.06 Å². The number of halogens is 3. The van der Waals surface area contributed by atoms with E-state index in [9.17, 15) is 4.39 Å². The Balaban J connectivity index is 0.00000220. The molecular weight excluding hydrogens is 409 g/mol. The first-order valence-corrected chi connectivity index (χ1v) is 6.65. The van der Waals surface area contributed by atoms with Gasteiger partial charge in [-0.15, -0.1) is 17.0 Å². The van der Waals surface area contributed by atoms with Gasteiger partial charge in [0.1, 0.15) is 12.4 Å². The normalized spacial score (nSPS) is 16.9. The van der Waals surface area contributed by atoms with Crippen LogP contribution in [0.5, 0.6) is 0 Å². The van der Waals surface area contributed by atoms with Gasteiger partial charge in [0.05, 0.1) is 0 Å². The van der Waals surface area contributed by atoms with Crippen LogP contribution in [-0.4, -0.2) is 22.6 Å². The summed E-state index contributed by atoms with van der Waals surface area (Å²) in [7, 11) is 0. The number of hydroxylamine groups is 2. The number of rotatable bonds is 3. The highest BCUT2D eigenvalue weighted by molar-refractivity contribution is 9.10. The zero-order valence-electron chi connectivity index (χ0n) is 11.5. The van der Waals surface area contributed by atoms with Crippen LogP contribution in [0.25, 0.3) is 0 Å². The third kappa shape index (κ3) is 4.14. The van der Waals surface area contributed by atoms with Crippen molar-refractivity contribution in [2.24, 2.45) is 21.5 Å². The van der Waals surface area contributed by atoms with Crippen molar-refractivity contribution in [3.63, 3.8) is 0 Å². The van der Waals surface area contributed by atoms with Gasteiger partial charge in [-0.3, -0.25) is 4.84 Å². The fourth-order valence-corrected chi connectivity index (χ4v) is 2.12. The Kier molecular flexibility index (Phi) is 5.71. The van der Waals surface area contributed by atoms with E-state index in [-0.39, 0.29) is 41.3 Å². The van der Waals surface area contributed by atoms with E-state index in [0.717, 1.165) is 0 Å². The van der Waals surface area contributed by atoms with Gasteiger partial charge in [0, 0.05) is 10.0 Å². The first-order chi connectivity index (χ1) is 9.29. The summed E-state index contributed by atoms with van der Waals surface area (Å²) < 4.78 is 14.4. The van der Waals surface area contributed by atoms with Gasteiger partial charge < -0.3 is 11.5 Å². The Hall–Kier alpha value is -1.19. The first kappa shape index (κ1) is 17.9. The number of hydrogen-bond acceptors (Lipinski definition) is 6. The maximum absolute atomic E-state index is 13.7. The van der Waals surface area contributed by atoms with E-state index in [2.05, 4.69) is 25.9 Å². The lowest BCUT2D eigenvalue weighted by Gasteiger charge is -2.36. The summed E-state index contributed by atoms with van der Waals surface area (Å²) in [5, 5.41) is 1.31. The molecular formula is C12H16Br2FN5O. The standard InChI is InChI=1S/C12H15BrFN5O.BrH/c1-12(2)18-10(15)17-11(16)19(12)20-6-7-3-4-8(13)5-9(7)14;/h3-5H,6H2,1-2H3,(H4,15,16,17,18);1H. The molecule has 0 aromatic heterocycles. The van der Waals surface area contributed by atoms with Crippen LogP contribution >= 0.6 is 32.9 Å². The predicted octanol–water partition coefficient (Wildman–Crippen LogP) is 2.28. The highest BCUT2D eigenvalue weighted by atomic mass is 79.9. The molecule has 0 radical (unpaired) electrons. The largest absolute Gasteiger partial charge is 0.368 e. The third-order valence-corrected chi connectivity index (χ3v) is 3.18. The van der Waals surface area contributed by atoms with Crippen molar-refractivity contribution < 1.29 is 9.23 Å². The summed E-state index contributed by atoms with van der Waals surface area (Å²) >= 11 is 3.20. The van der Waals surface area contributed by atoms with Gasteiger partial charge in [0.15, 0.2) is 5.66 Å². The minimum atomic E-state index is -0.804. The molecule has 0 saturated carbocycles. The molecule has 0 aliphatic carbocycles. The van der Waals surface area contributed by atoms with Crippen LogP contribution in [0.4, 0.5) is 4.39 Å². The lowest BCUT2D eigenvalue weighted by atomic mass is 10.2. The Bertz CT molecular complexity index is 591. The molecule has 0 atom stereocenters. The molecule has 2 rings (SSSR count). The Morgan fingerprint density at radius 3 is 2.62 bits per heavy atom. The topological polar surface area (TPSA) is 89.2 Å². The molecule has 1 heterocycles. The van der Waals surface area contributed by atoms with Crippen LogP contribution in [0.2, 0.25) is 0 Å². The molecule has 116 valence electrons. The Morgan fingerprint density at radius 2 is 2.05 bits per heavy atom. The van der Waals surface area contributed by atoms with Gasteiger partial charge in [0.25, 0.3) is 0 Å². The van der Waals surface area contributed by atoms with Crippen molar-refractivity contribution in [2.75, 3.05) is 0 Å². The molecule has 0 saturated heterocycles. The van der Waals surface area contributed by atoms with Crippen molar-refractivity contribution >= 4 is 44.8 Å². The van der Waals surface area contributed by atoms with Crippen LogP contribution in [0.15, 0.2) is 32.7 Å². The predicted molar refractivity (Wildman–Crippen MR) is 88.4 cm³/mol. The quantitative estimate of drug-likeness (QED) is 0.778. The second kappa shape index (κ2) is 6.71. The smallest absolute Gasteiger partial charge is 0.226 e. The molecule has 0 bridgehead atoms. The van der Waals surface area contributed by atoms with Gasteiger partial charge in [0.2, 0.25) is 11.9 Å². The molecule has 6 nitrogen and oxygen atoms in total. The molecule has 0 amide bonds. The summed E-state index contributed by atoms with van der Waals surface area (Å²) in [5.74, 6) is -0.199. The number of nitrogens with two attached hydrogens (primary N) is 2. The van der Waals surface area contributed by atoms with Gasteiger partial charge in [-0.1, -0.05) is 22.0 Å². The van der Waals surface area contributed by atoms with Gasteiger partial charge in [-0.05, 0) is 26.0 Å². The number of hydrogen-bond donors (Lipinski definition) is 2. The van der Waals surface area contributed by atoms with Crippen molar-refractivity contribution in [2.45, 2.75) is 26.1 Å². The van der Waals surface area contributed by atoms with Gasteiger partial charge >= 0.3 is 0 Å². The van der Waals surface area contributed by atoms with E-state index >= 15 is 0 Å². The van der Waals surface area contributed by atoms with Crippen LogP contribution in [0, 0.1) is 5.82 Å². The average Bonchev–Trinajstić information content (AvgIpc) is 2.29. The molecule has 0 unspecified atom stereocenters. The zero-order valence-corrected chi connectivity index (χ0v) is 14.8. The number of aliphatic imine (C=N–C) groups is 2. The first-order valence-electron chi connectivity index (χ1n) is 5.86. The van der Waals surface area contributed by atoms with Crippen molar-refractivity contribution in [1.29, 1.82) is 0 Å². The molecule has 1 aromatic carbocycles. The maximum Gasteiger partial charge on any atom is 0.226 e. The van der Waals surface area contributed by atoms with Crippen LogP contribution in [0.3, 0.4) is 0 Å². The third-order valence-electron chi connectivity index (χ3n) is 2.69. The molecule has 4 N–H and O–H groups in total. The molecule has 1 aromatic rings. The SMILES string of the molecule is Br.CC1(C)N=C(N)N=C(N)N1OCc1ccc(Br)cc1F. The van der Waals surface area contributed by atoms with Gasteiger partial charge in [-0.2, -0.15) is 10.1 Å². The molecule has 21 heavy (non-hydrogen) atoms. The van der Waals surface area contributed by atoms with Crippen LogP contribution in [-0.2, 0) is 11.4 Å². The van der Waals surface area contributed by atoms with Crippen molar-refractivity contribution in [3.05, 3.63) is 34.1 Å². The highest BCUT2D eigenvalue weighted by Crippen LogP contribution is 2.22. The summed E-state index contributed by atoms with van der Waals surface area (Å²) in [6.07, 6.45) is 0. The van der Waals surface area contributed by atoms with Gasteiger partial charge in [-0.25, -0.2) is 9.38 Å². The van der Waals surface area contributed by atoms with E-state index in [0.29, 0.717) is 10.0 Å². The lowest BCUT2D eigenvalue weighted by molar-refractivity contribution is -0.167. The number of guanidine groups is 2. The Labute approximate surface area is 140 Å². The fraction of sp³-hybridized carbons (Fsp3) is 0.333. The van der Waals surface area contributed by atoms with E-state index in [1.165, 1.54) is 11.1 Å². The summed E-state index contributed by atoms with van der Waals surface area (Å²) in [6.45, 7) is 3.53. The maximum atomic E-state index is 13.7. The fourth-order valence-electron chi connectivity index (χ4n) is 1.79. The summed E-state index contributed by atoms with van der Waals surface area (Å²) in [6, 6.07) is 4.73. The minimum absolute atomic E-state index is 0. The number of benzene rings is 1. The minimum Gasteiger partial charge on any atom is -0.368 e. The van der Waals surface area contributed by atoms with Crippen LogP contribution in [0.1, 0.15) is 19.4 Å². The highest BCUT2D eigenvalue weighted by Gasteiger charge is 2.33. The zero-order chi connectivity index (χ0) is 14.9. The molecule has 9 heteroatoms. The Morgan fingerprint density at radius 1 is 1.38 bits per heavy atom. The van der Waals surface area contributed by atoms with Crippen LogP contribution < -0.4 is 11.5 Å². The molecule has 0 fully saturated rings. The molecule has 0 spiro atoms. The van der Waals surface area contributed by atoms with Crippen molar-refractivity contribution in [3.8, 4) is 0 Å². The molecule has 1 aliphatic heterocycles. The molecule has 1 aliphatic rings. The van der Waals surface area contributed by atoms with E-state index < -0.39 is 5.66 Å². The second-order valence-corrected chi connectivity index (χ2v) is 5.65. The second-order valence-electron chi connectivity index (χ2n) is 4.74. The lowest BCUT2D eigenvalue weighted by Crippen LogP contribution is -2.53.